The standard InChI is InChI=1S/C20H22FN3O2/c1-12(2)24-6-4-15(5-7-24)26-19-9-14-8-18(20(25)13(3)11-22)23-17(14)10-16(19)21/h8-10,12,15,23H,3-7H2,1-2H3. The minimum Gasteiger partial charge on any atom is -0.487 e. The molecule has 1 aliphatic heterocycles. The summed E-state index contributed by atoms with van der Waals surface area (Å²) < 4.78 is 20.3. The molecular weight excluding hydrogens is 333 g/mol. The Balaban J connectivity index is 1.78. The number of nitrogens with zero attached hydrogens (tertiary/aromatic N) is 2. The molecule has 1 aromatic carbocycles. The SMILES string of the molecule is C=C(C#N)C(=O)c1cc2cc(OC3CCN(C(C)C)CC3)c(F)cc2[nH]1. The average Bonchev–Trinajstić information content (AvgIpc) is 3.03. The van der Waals surface area contributed by atoms with Crippen LogP contribution in [0.25, 0.3) is 10.9 Å². The lowest BCUT2D eigenvalue weighted by molar-refractivity contribution is 0.0817. The van der Waals surface area contributed by atoms with Crippen LogP contribution in [0.4, 0.5) is 4.39 Å². The van der Waals surface area contributed by atoms with Gasteiger partial charge in [-0.15, -0.1) is 0 Å². The van der Waals surface area contributed by atoms with E-state index in [9.17, 15) is 9.18 Å². The minimum atomic E-state index is -0.493. The number of benzene rings is 1. The summed E-state index contributed by atoms with van der Waals surface area (Å²) >= 11 is 0. The third kappa shape index (κ3) is 3.63. The number of ketones is 1. The summed E-state index contributed by atoms with van der Waals surface area (Å²) in [5.74, 6) is -0.769. The Bertz CT molecular complexity index is 886. The number of allylic oxidation sites excluding steroid dienone is 1. The second-order valence-electron chi connectivity index (χ2n) is 6.92. The van der Waals surface area contributed by atoms with Crippen LogP contribution in [-0.4, -0.2) is 40.9 Å². The Kier molecular flexibility index (Phi) is 5.10. The molecular formula is C20H22FN3O2. The van der Waals surface area contributed by atoms with Crippen molar-refractivity contribution in [3.63, 3.8) is 0 Å². The lowest BCUT2D eigenvalue weighted by Gasteiger charge is -2.34. The van der Waals surface area contributed by atoms with E-state index in [1.54, 1.807) is 18.2 Å². The Morgan fingerprint density at radius 1 is 1.38 bits per heavy atom. The quantitative estimate of drug-likeness (QED) is 0.503. The fourth-order valence-electron chi connectivity index (χ4n) is 3.25. The molecule has 0 spiro atoms. The van der Waals surface area contributed by atoms with E-state index < -0.39 is 11.6 Å². The largest absolute Gasteiger partial charge is 0.487 e. The van der Waals surface area contributed by atoms with Gasteiger partial charge in [-0.1, -0.05) is 6.58 Å². The number of carbonyl (C=O) groups excluding carboxylic acids is 1. The maximum atomic E-state index is 14.4. The number of likely N-dealkylation sites (tertiary alicyclic amines) is 1. The molecule has 0 bridgehead atoms. The number of ether oxygens (including phenoxy) is 1. The average molecular weight is 355 g/mol. The van der Waals surface area contributed by atoms with Crippen molar-refractivity contribution in [2.75, 3.05) is 13.1 Å². The number of hydrogen-bond acceptors (Lipinski definition) is 4. The Morgan fingerprint density at radius 2 is 2.08 bits per heavy atom. The summed E-state index contributed by atoms with van der Waals surface area (Å²) in [4.78, 5) is 17.3. The highest BCUT2D eigenvalue weighted by molar-refractivity contribution is 6.11. The molecule has 2 aromatic rings. The molecule has 0 amide bonds. The van der Waals surface area contributed by atoms with Gasteiger partial charge in [-0.05, 0) is 38.8 Å². The third-order valence-electron chi connectivity index (χ3n) is 4.83. The van der Waals surface area contributed by atoms with Gasteiger partial charge < -0.3 is 14.6 Å². The van der Waals surface area contributed by atoms with Crippen molar-refractivity contribution in [2.24, 2.45) is 0 Å². The number of aromatic nitrogens is 1. The van der Waals surface area contributed by atoms with Gasteiger partial charge in [-0.2, -0.15) is 5.26 Å². The maximum Gasteiger partial charge on any atom is 0.219 e. The van der Waals surface area contributed by atoms with Crippen LogP contribution in [0.3, 0.4) is 0 Å². The number of rotatable bonds is 5. The molecule has 1 aromatic heterocycles. The molecule has 1 fully saturated rings. The zero-order valence-electron chi connectivity index (χ0n) is 15.0. The molecule has 0 unspecified atom stereocenters. The maximum absolute atomic E-state index is 14.4. The smallest absolute Gasteiger partial charge is 0.219 e. The molecule has 2 heterocycles. The normalized spacial score (nSPS) is 16.0. The number of H-pyrrole nitrogens is 1. The van der Waals surface area contributed by atoms with Crippen molar-refractivity contribution < 1.29 is 13.9 Å². The minimum absolute atomic E-state index is 0.0182. The predicted octanol–water partition coefficient (Wildman–Crippen LogP) is 3.82. The molecule has 0 aliphatic carbocycles. The van der Waals surface area contributed by atoms with Crippen LogP contribution in [0, 0.1) is 17.1 Å². The van der Waals surface area contributed by atoms with Crippen molar-refractivity contribution in [1.29, 1.82) is 5.26 Å². The molecule has 3 rings (SSSR count). The third-order valence-corrected chi connectivity index (χ3v) is 4.83. The van der Waals surface area contributed by atoms with Crippen LogP contribution < -0.4 is 4.74 Å². The van der Waals surface area contributed by atoms with E-state index >= 15 is 0 Å². The number of nitriles is 1. The summed E-state index contributed by atoms with van der Waals surface area (Å²) in [7, 11) is 0. The Hall–Kier alpha value is -2.65. The zero-order valence-corrected chi connectivity index (χ0v) is 15.0. The second kappa shape index (κ2) is 7.30. The van der Waals surface area contributed by atoms with E-state index in [2.05, 4.69) is 30.3 Å². The van der Waals surface area contributed by atoms with Crippen molar-refractivity contribution >= 4 is 16.7 Å². The Morgan fingerprint density at radius 3 is 2.69 bits per heavy atom. The van der Waals surface area contributed by atoms with Gasteiger partial charge >= 0.3 is 0 Å². The lowest BCUT2D eigenvalue weighted by Crippen LogP contribution is -2.41. The van der Waals surface area contributed by atoms with Gasteiger partial charge in [-0.3, -0.25) is 4.79 Å². The first-order valence-corrected chi connectivity index (χ1v) is 8.75. The monoisotopic (exact) mass is 355 g/mol. The fraction of sp³-hybridized carbons (Fsp3) is 0.400. The number of aromatic amines is 1. The predicted molar refractivity (Wildman–Crippen MR) is 97.7 cm³/mol. The second-order valence-corrected chi connectivity index (χ2v) is 6.92. The van der Waals surface area contributed by atoms with Crippen LogP contribution >= 0.6 is 0 Å². The molecule has 0 radical (unpaired) electrons. The van der Waals surface area contributed by atoms with Crippen LogP contribution in [0.5, 0.6) is 5.75 Å². The van der Waals surface area contributed by atoms with Gasteiger partial charge in [0.15, 0.2) is 11.6 Å². The van der Waals surface area contributed by atoms with Crippen LogP contribution in [-0.2, 0) is 0 Å². The van der Waals surface area contributed by atoms with Crippen molar-refractivity contribution in [3.05, 3.63) is 41.9 Å². The number of piperidine rings is 1. The molecule has 136 valence electrons. The molecule has 6 heteroatoms. The number of nitrogens with one attached hydrogen (secondary N) is 1. The molecule has 0 atom stereocenters. The number of Topliss-reactive ketones (excluding diaryl/α,β-unsaturated/α-hetero) is 1. The van der Waals surface area contributed by atoms with E-state index in [0.717, 1.165) is 25.9 Å². The van der Waals surface area contributed by atoms with Crippen LogP contribution in [0.2, 0.25) is 0 Å². The van der Waals surface area contributed by atoms with Gasteiger partial charge in [0.05, 0.1) is 11.3 Å². The van der Waals surface area contributed by atoms with Crippen molar-refractivity contribution in [2.45, 2.75) is 38.8 Å². The van der Waals surface area contributed by atoms with E-state index in [4.69, 9.17) is 10.00 Å². The van der Waals surface area contributed by atoms with E-state index in [1.807, 2.05) is 0 Å². The van der Waals surface area contributed by atoms with Gasteiger partial charge in [0, 0.05) is 36.1 Å². The number of hydrogen-bond donors (Lipinski definition) is 1. The van der Waals surface area contributed by atoms with Gasteiger partial charge in [0.25, 0.3) is 0 Å². The summed E-state index contributed by atoms with van der Waals surface area (Å²) in [6.07, 6.45) is 1.69. The summed E-state index contributed by atoms with van der Waals surface area (Å²) in [5, 5.41) is 9.46. The molecule has 1 saturated heterocycles. The highest BCUT2D eigenvalue weighted by atomic mass is 19.1. The molecule has 1 N–H and O–H groups in total. The lowest BCUT2D eigenvalue weighted by atomic mass is 10.1. The highest BCUT2D eigenvalue weighted by Gasteiger charge is 2.23. The highest BCUT2D eigenvalue weighted by Crippen LogP contribution is 2.28. The fourth-order valence-corrected chi connectivity index (χ4v) is 3.25. The molecule has 0 saturated carbocycles. The first kappa shape index (κ1) is 18.2. The van der Waals surface area contributed by atoms with E-state index in [1.165, 1.54) is 6.07 Å². The molecule has 5 nitrogen and oxygen atoms in total. The Labute approximate surface area is 152 Å². The summed E-state index contributed by atoms with van der Waals surface area (Å²) in [6.45, 7) is 9.62. The van der Waals surface area contributed by atoms with Gasteiger partial charge in [0.2, 0.25) is 5.78 Å². The summed E-state index contributed by atoms with van der Waals surface area (Å²) in [6, 6.07) is 6.74. The van der Waals surface area contributed by atoms with Gasteiger partial charge in [0.1, 0.15) is 12.2 Å². The van der Waals surface area contributed by atoms with Crippen LogP contribution in [0.15, 0.2) is 30.4 Å². The first-order valence-electron chi connectivity index (χ1n) is 8.75. The van der Waals surface area contributed by atoms with Crippen molar-refractivity contribution in [1.82, 2.24) is 9.88 Å². The number of halogens is 1. The first-order chi connectivity index (χ1) is 12.4. The molecule has 26 heavy (non-hydrogen) atoms. The zero-order chi connectivity index (χ0) is 18.8. The van der Waals surface area contributed by atoms with Crippen LogP contribution in [0.1, 0.15) is 37.2 Å². The van der Waals surface area contributed by atoms with Crippen molar-refractivity contribution in [3.8, 4) is 11.8 Å². The van der Waals surface area contributed by atoms with E-state index in [-0.39, 0.29) is 23.1 Å². The molecule has 1 aliphatic rings. The topological polar surface area (TPSA) is 69.1 Å². The van der Waals surface area contributed by atoms with Gasteiger partial charge in [-0.25, -0.2) is 4.39 Å². The number of fused-ring (bicyclic) bond motifs is 1. The number of carbonyl (C=O) groups is 1. The summed E-state index contributed by atoms with van der Waals surface area (Å²) in [5.41, 5.74) is 0.539. The van der Waals surface area contributed by atoms with E-state index in [0.29, 0.717) is 16.9 Å².